The third-order valence-electron chi connectivity index (χ3n) is 5.95. The van der Waals surface area contributed by atoms with E-state index in [-0.39, 0.29) is 28.9 Å². The predicted octanol–water partition coefficient (Wildman–Crippen LogP) is 3.74. The molecule has 0 fully saturated rings. The monoisotopic (exact) mass is 523 g/mol. The van der Waals surface area contributed by atoms with Crippen LogP contribution in [0.5, 0.6) is 11.5 Å². The predicted molar refractivity (Wildman–Crippen MR) is 142 cm³/mol. The lowest BCUT2D eigenvalue weighted by Crippen LogP contribution is -2.45. The summed E-state index contributed by atoms with van der Waals surface area (Å²) in [5, 5.41) is 5.66. The van der Waals surface area contributed by atoms with E-state index in [1.165, 1.54) is 13.0 Å². The van der Waals surface area contributed by atoms with Crippen molar-refractivity contribution in [2.45, 2.75) is 25.9 Å². The number of fused-ring (bicyclic) bond motifs is 1. The highest BCUT2D eigenvalue weighted by molar-refractivity contribution is 7.92. The fraction of sp³-hybridized carbons (Fsp3) is 0.259. The molecular formula is C27H29N3O6S. The number of hydrogen-bond acceptors (Lipinski definition) is 6. The molecule has 194 valence electrons. The summed E-state index contributed by atoms with van der Waals surface area (Å²) in [6.45, 7) is 4.09. The van der Waals surface area contributed by atoms with Gasteiger partial charge in [-0.15, -0.1) is 0 Å². The molecule has 0 saturated heterocycles. The van der Waals surface area contributed by atoms with Crippen molar-refractivity contribution in [3.63, 3.8) is 0 Å². The minimum absolute atomic E-state index is 0.257. The first-order chi connectivity index (χ1) is 17.6. The van der Waals surface area contributed by atoms with Crippen LogP contribution in [0.25, 0.3) is 0 Å². The number of hydrogen-bond donors (Lipinski definition) is 2. The van der Waals surface area contributed by atoms with Crippen molar-refractivity contribution in [2.24, 2.45) is 0 Å². The summed E-state index contributed by atoms with van der Waals surface area (Å²) in [7, 11) is -3.86. The van der Waals surface area contributed by atoms with Gasteiger partial charge in [0.05, 0.1) is 29.2 Å². The first-order valence-corrected chi connectivity index (χ1v) is 13.6. The van der Waals surface area contributed by atoms with Gasteiger partial charge in [-0.25, -0.2) is 8.42 Å². The average molecular weight is 524 g/mol. The molecule has 1 heterocycles. The Labute approximate surface area is 216 Å². The van der Waals surface area contributed by atoms with Crippen LogP contribution in [0.3, 0.4) is 0 Å². The lowest BCUT2D eigenvalue weighted by atomic mass is 10.1. The molecule has 0 radical (unpaired) electrons. The zero-order chi connectivity index (χ0) is 26.6. The largest absolute Gasteiger partial charge is 0.486 e. The van der Waals surface area contributed by atoms with Crippen LogP contribution in [0.15, 0.2) is 72.8 Å². The number of carbonyl (C=O) groups excluding carboxylic acids is 2. The zero-order valence-corrected chi connectivity index (χ0v) is 21.6. The molecule has 4 rings (SSSR count). The second kappa shape index (κ2) is 10.9. The Balaban J connectivity index is 1.55. The average Bonchev–Trinajstić information content (AvgIpc) is 2.88. The van der Waals surface area contributed by atoms with Crippen molar-refractivity contribution >= 4 is 33.2 Å². The molecule has 1 aliphatic rings. The first kappa shape index (κ1) is 26.0. The van der Waals surface area contributed by atoms with Crippen molar-refractivity contribution in [2.75, 3.05) is 29.1 Å². The molecule has 1 aliphatic heterocycles. The zero-order valence-electron chi connectivity index (χ0n) is 20.8. The number of nitrogens with one attached hydrogen (secondary N) is 2. The van der Waals surface area contributed by atoms with Crippen molar-refractivity contribution in [3.05, 3.63) is 83.9 Å². The third-order valence-corrected chi connectivity index (χ3v) is 7.19. The highest BCUT2D eigenvalue weighted by atomic mass is 32.2. The van der Waals surface area contributed by atoms with Crippen molar-refractivity contribution < 1.29 is 27.5 Å². The molecule has 2 amide bonds. The van der Waals surface area contributed by atoms with Crippen LogP contribution >= 0.6 is 0 Å². The smallest absolute Gasteiger partial charge is 0.253 e. The van der Waals surface area contributed by atoms with Crippen molar-refractivity contribution in [1.82, 2.24) is 5.32 Å². The SMILES string of the molecule is C[C@@H](NC(=O)c1ccccc1NC(=O)[C@H](C)N(c1ccc2c(c1)OCCO2)S(C)(=O)=O)c1ccccc1. The van der Waals surface area contributed by atoms with E-state index in [0.29, 0.717) is 24.7 Å². The Kier molecular flexibility index (Phi) is 7.68. The van der Waals surface area contributed by atoms with Crippen LogP contribution in [-0.2, 0) is 14.8 Å². The van der Waals surface area contributed by atoms with Crippen LogP contribution < -0.4 is 24.4 Å². The molecule has 0 saturated carbocycles. The number of anilines is 2. The van der Waals surface area contributed by atoms with Gasteiger partial charge in [-0.3, -0.25) is 13.9 Å². The van der Waals surface area contributed by atoms with Crippen LogP contribution in [0, 0.1) is 0 Å². The maximum absolute atomic E-state index is 13.3. The fourth-order valence-corrected chi connectivity index (χ4v) is 5.27. The summed E-state index contributed by atoms with van der Waals surface area (Å²) < 4.78 is 37.6. The molecule has 0 aromatic heterocycles. The van der Waals surface area contributed by atoms with E-state index in [2.05, 4.69) is 10.6 Å². The number of para-hydroxylation sites is 1. The molecule has 0 bridgehead atoms. The third kappa shape index (κ3) is 6.03. The topological polar surface area (TPSA) is 114 Å². The number of ether oxygens (including phenoxy) is 2. The molecule has 37 heavy (non-hydrogen) atoms. The van der Waals surface area contributed by atoms with Gasteiger partial charge in [-0.05, 0) is 43.7 Å². The normalized spacial score (nSPS) is 14.2. The maximum Gasteiger partial charge on any atom is 0.253 e. The van der Waals surface area contributed by atoms with Gasteiger partial charge in [-0.1, -0.05) is 42.5 Å². The number of benzene rings is 3. The summed E-state index contributed by atoms with van der Waals surface area (Å²) in [5.41, 5.74) is 1.73. The standard InChI is InChI=1S/C27H29N3O6S/c1-18(20-9-5-4-6-10-20)28-27(32)22-11-7-8-12-23(22)29-26(31)19(2)30(37(3,33)34)21-13-14-24-25(17-21)36-16-15-35-24/h4-14,17-19H,15-16H2,1-3H3,(H,28,32)(H,29,31)/t18-,19+/m1/s1. The van der Waals surface area contributed by atoms with E-state index in [9.17, 15) is 18.0 Å². The second-order valence-electron chi connectivity index (χ2n) is 8.70. The van der Waals surface area contributed by atoms with Gasteiger partial charge in [0.15, 0.2) is 11.5 Å². The summed E-state index contributed by atoms with van der Waals surface area (Å²) in [5.74, 6) is -0.0619. The van der Waals surface area contributed by atoms with Crippen LogP contribution in [0.1, 0.15) is 35.8 Å². The minimum Gasteiger partial charge on any atom is -0.486 e. The van der Waals surface area contributed by atoms with E-state index >= 15 is 0 Å². The quantitative estimate of drug-likeness (QED) is 0.465. The number of rotatable bonds is 8. The Bertz CT molecular complexity index is 1390. The fourth-order valence-electron chi connectivity index (χ4n) is 4.10. The molecular weight excluding hydrogens is 494 g/mol. The molecule has 2 atom stereocenters. The van der Waals surface area contributed by atoms with Crippen LogP contribution in [0.4, 0.5) is 11.4 Å². The van der Waals surface area contributed by atoms with Crippen LogP contribution in [-0.4, -0.2) is 45.7 Å². The van der Waals surface area contributed by atoms with Gasteiger partial charge < -0.3 is 20.1 Å². The van der Waals surface area contributed by atoms with Gasteiger partial charge in [0.25, 0.3) is 5.91 Å². The molecule has 0 unspecified atom stereocenters. The number of sulfonamides is 1. The molecule has 10 heteroatoms. The molecule has 2 N–H and O–H groups in total. The van der Waals surface area contributed by atoms with Crippen molar-refractivity contribution in [3.8, 4) is 11.5 Å². The van der Waals surface area contributed by atoms with E-state index in [0.717, 1.165) is 16.1 Å². The summed E-state index contributed by atoms with van der Waals surface area (Å²) in [6, 6.07) is 19.4. The van der Waals surface area contributed by atoms with E-state index in [1.54, 1.807) is 36.4 Å². The molecule has 3 aromatic carbocycles. The summed E-state index contributed by atoms with van der Waals surface area (Å²) in [4.78, 5) is 26.3. The Morgan fingerprint density at radius 2 is 1.54 bits per heavy atom. The van der Waals surface area contributed by atoms with Crippen molar-refractivity contribution in [1.29, 1.82) is 0 Å². The highest BCUT2D eigenvalue weighted by Gasteiger charge is 2.31. The summed E-state index contributed by atoms with van der Waals surface area (Å²) >= 11 is 0. The maximum atomic E-state index is 13.3. The van der Waals surface area contributed by atoms with Gasteiger partial charge in [0, 0.05) is 6.07 Å². The van der Waals surface area contributed by atoms with Gasteiger partial charge in [0.1, 0.15) is 19.3 Å². The van der Waals surface area contributed by atoms with E-state index < -0.39 is 22.0 Å². The summed E-state index contributed by atoms with van der Waals surface area (Å²) in [6.07, 6.45) is 1.03. The minimum atomic E-state index is -3.86. The Morgan fingerprint density at radius 3 is 2.24 bits per heavy atom. The lowest BCUT2D eigenvalue weighted by Gasteiger charge is -2.29. The molecule has 3 aromatic rings. The first-order valence-electron chi connectivity index (χ1n) is 11.8. The second-order valence-corrected chi connectivity index (χ2v) is 10.6. The van der Waals surface area contributed by atoms with E-state index in [4.69, 9.17) is 9.47 Å². The highest BCUT2D eigenvalue weighted by Crippen LogP contribution is 2.35. The Hall–Kier alpha value is -4.05. The molecule has 0 aliphatic carbocycles. The Morgan fingerprint density at radius 1 is 0.892 bits per heavy atom. The molecule has 9 nitrogen and oxygen atoms in total. The number of nitrogens with zero attached hydrogens (tertiary/aromatic N) is 1. The number of carbonyl (C=O) groups is 2. The number of amides is 2. The van der Waals surface area contributed by atoms with E-state index in [1.807, 2.05) is 37.3 Å². The lowest BCUT2D eigenvalue weighted by molar-refractivity contribution is -0.116. The molecule has 0 spiro atoms. The van der Waals surface area contributed by atoms with Gasteiger partial charge >= 0.3 is 0 Å². The van der Waals surface area contributed by atoms with Gasteiger partial charge in [0.2, 0.25) is 15.9 Å². The van der Waals surface area contributed by atoms with Crippen LogP contribution in [0.2, 0.25) is 0 Å². The van der Waals surface area contributed by atoms with Gasteiger partial charge in [-0.2, -0.15) is 0 Å².